The van der Waals surface area contributed by atoms with Crippen LogP contribution in [-0.2, 0) is 38.2 Å². The summed E-state index contributed by atoms with van der Waals surface area (Å²) in [6.07, 6.45) is 0.0107. The van der Waals surface area contributed by atoms with Crippen LogP contribution in [0.15, 0.2) is 60.7 Å². The van der Waals surface area contributed by atoms with E-state index in [9.17, 15) is 33.6 Å². The number of benzene rings is 2. The van der Waals surface area contributed by atoms with E-state index in [1.54, 1.807) is 67.0 Å². The number of urea groups is 2. The number of carbonyl (C=O) groups excluding carboxylic acids is 7. The number of anilines is 4. The first-order valence-electron chi connectivity index (χ1n) is 22.8. The maximum atomic E-state index is 13.4. The van der Waals surface area contributed by atoms with E-state index in [-0.39, 0.29) is 66.3 Å². The van der Waals surface area contributed by atoms with Crippen LogP contribution in [0.1, 0.15) is 117 Å². The molecule has 4 aromatic rings. The highest BCUT2D eigenvalue weighted by molar-refractivity contribution is 7.17. The van der Waals surface area contributed by atoms with E-state index in [1.807, 2.05) is 45.0 Å². The lowest BCUT2D eigenvalue weighted by Gasteiger charge is -2.20. The third-order valence-electron chi connectivity index (χ3n) is 10.6. The van der Waals surface area contributed by atoms with Gasteiger partial charge in [-0.25, -0.2) is 14.4 Å². The lowest BCUT2D eigenvalue weighted by atomic mass is 9.94. The standard InChI is InChI=1S/C27H37N5O5S.C22H29N5O3S.ClH/c1-26(2,3)20-15-19(23(34)32-13-11-21(33)28-12-14-32)22(38-20)31-24(35)30-18-9-7-17(8-10-18)16-29-25(36)37-27(4,5)6;1-22(2,3)17-12-16(20(29)27-10-8-18(28)24-9-11-27)19(31-17)26-21(30)25-15-6-4-14(13-23)5-7-15;/h7-10,15H,11-14,16H2,1-6H3,(H,28,33)(H,29,36)(H2,30,31,35);4-7,12H,8-11,13,23H2,1-3H3,(H,24,28)(H2,25,26,30);1H. The van der Waals surface area contributed by atoms with Crippen molar-refractivity contribution in [1.82, 2.24) is 25.8 Å². The quantitative estimate of drug-likeness (QED) is 0.0804. The number of nitrogens with one attached hydrogen (secondary N) is 7. The number of alkyl carbamates (subject to hydrolysis) is 1. The van der Waals surface area contributed by atoms with Crippen molar-refractivity contribution < 1.29 is 38.3 Å². The van der Waals surface area contributed by atoms with Crippen molar-refractivity contribution in [1.29, 1.82) is 0 Å². The van der Waals surface area contributed by atoms with Crippen molar-refractivity contribution in [3.05, 3.63) is 92.7 Å². The Labute approximate surface area is 424 Å². The van der Waals surface area contributed by atoms with Crippen molar-refractivity contribution in [2.75, 3.05) is 60.5 Å². The van der Waals surface area contributed by atoms with Crippen molar-refractivity contribution in [2.45, 2.75) is 105 Å². The monoisotopic (exact) mass is 1020 g/mol. The predicted octanol–water partition coefficient (Wildman–Crippen LogP) is 8.21. The number of amides is 9. The highest BCUT2D eigenvalue weighted by Crippen LogP contribution is 2.38. The maximum Gasteiger partial charge on any atom is 0.407 e. The molecule has 4 heterocycles. The van der Waals surface area contributed by atoms with Crippen LogP contribution < -0.4 is 43.0 Å². The third-order valence-corrected chi connectivity index (χ3v) is 13.5. The van der Waals surface area contributed by atoms with Gasteiger partial charge in [0.2, 0.25) is 11.8 Å². The summed E-state index contributed by atoms with van der Waals surface area (Å²) < 4.78 is 5.23. The number of carbonyl (C=O) groups is 7. The molecule has 70 heavy (non-hydrogen) atoms. The van der Waals surface area contributed by atoms with Gasteiger partial charge in [0, 0.05) is 86.3 Å². The Balaban J connectivity index is 0.000000306. The number of rotatable bonds is 9. The van der Waals surface area contributed by atoms with E-state index in [1.165, 1.54) is 22.7 Å². The van der Waals surface area contributed by atoms with Crippen LogP contribution in [0.4, 0.5) is 35.8 Å². The van der Waals surface area contributed by atoms with Gasteiger partial charge >= 0.3 is 18.2 Å². The minimum atomic E-state index is -0.574. The average molecular weight is 1020 g/mol. The van der Waals surface area contributed by atoms with Crippen LogP contribution in [0.25, 0.3) is 0 Å². The molecule has 9 N–H and O–H groups in total. The van der Waals surface area contributed by atoms with Gasteiger partial charge in [0.1, 0.15) is 15.6 Å². The fourth-order valence-corrected chi connectivity index (χ4v) is 8.96. The molecule has 0 spiro atoms. The molecule has 2 fully saturated rings. The Kier molecular flexibility index (Phi) is 19.8. The highest BCUT2D eigenvalue weighted by Gasteiger charge is 2.30. The Hall–Kier alpha value is -6.22. The zero-order valence-electron chi connectivity index (χ0n) is 41.3. The summed E-state index contributed by atoms with van der Waals surface area (Å²) in [7, 11) is 0. The van der Waals surface area contributed by atoms with E-state index >= 15 is 0 Å². The van der Waals surface area contributed by atoms with Gasteiger partial charge in [0.15, 0.2) is 0 Å². The first kappa shape index (κ1) is 56.4. The van der Waals surface area contributed by atoms with Gasteiger partial charge in [0.05, 0.1) is 11.1 Å². The summed E-state index contributed by atoms with van der Waals surface area (Å²) in [6.45, 7) is 20.8. The topological polar surface area (TPSA) is 245 Å². The van der Waals surface area contributed by atoms with Gasteiger partial charge in [-0.15, -0.1) is 35.1 Å². The molecule has 0 saturated carbocycles. The summed E-state index contributed by atoms with van der Waals surface area (Å²) in [4.78, 5) is 92.5. The Bertz CT molecular complexity index is 2490. The molecule has 9 amide bonds. The molecule has 0 atom stereocenters. The second-order valence-corrected chi connectivity index (χ2v) is 21.7. The molecule has 2 aromatic heterocycles. The summed E-state index contributed by atoms with van der Waals surface area (Å²) in [5.41, 5.74) is 8.50. The number of nitrogens with zero attached hydrogens (tertiary/aromatic N) is 2. The number of hydrogen-bond donors (Lipinski definition) is 8. The van der Waals surface area contributed by atoms with Gasteiger partial charge in [-0.2, -0.15) is 0 Å². The van der Waals surface area contributed by atoms with Crippen LogP contribution in [0.5, 0.6) is 0 Å². The molecule has 2 saturated heterocycles. The van der Waals surface area contributed by atoms with Crippen molar-refractivity contribution in [2.24, 2.45) is 5.73 Å². The zero-order valence-corrected chi connectivity index (χ0v) is 43.8. The fourth-order valence-electron chi connectivity index (χ4n) is 6.75. The number of hydrogen-bond acceptors (Lipinski definition) is 11. The number of nitrogens with two attached hydrogens (primary N) is 1. The smallest absolute Gasteiger partial charge is 0.407 e. The molecule has 0 aliphatic carbocycles. The first-order valence-corrected chi connectivity index (χ1v) is 24.4. The molecule has 21 heteroatoms. The molecule has 380 valence electrons. The molecule has 18 nitrogen and oxygen atoms in total. The molecular formula is C49H67ClN10O8S2. The molecule has 2 aromatic carbocycles. The van der Waals surface area contributed by atoms with Crippen LogP contribution in [0.3, 0.4) is 0 Å². The summed E-state index contributed by atoms with van der Waals surface area (Å²) >= 11 is 2.76. The highest BCUT2D eigenvalue weighted by atomic mass is 35.5. The zero-order chi connectivity index (χ0) is 50.7. The second-order valence-electron chi connectivity index (χ2n) is 19.6. The van der Waals surface area contributed by atoms with Gasteiger partial charge in [-0.05, 0) is 79.1 Å². The van der Waals surface area contributed by atoms with Crippen LogP contribution >= 0.6 is 35.1 Å². The predicted molar refractivity (Wildman–Crippen MR) is 279 cm³/mol. The van der Waals surface area contributed by atoms with Gasteiger partial charge in [-0.1, -0.05) is 65.8 Å². The van der Waals surface area contributed by atoms with E-state index in [0.717, 1.165) is 20.9 Å². The minimum Gasteiger partial charge on any atom is -0.444 e. The molecule has 6 rings (SSSR count). The summed E-state index contributed by atoms with van der Waals surface area (Å²) in [5.74, 6) is -0.545. The summed E-state index contributed by atoms with van der Waals surface area (Å²) in [6, 6.07) is 17.1. The minimum absolute atomic E-state index is 0. The van der Waals surface area contributed by atoms with Gasteiger partial charge in [0.25, 0.3) is 11.8 Å². The molecule has 0 radical (unpaired) electrons. The van der Waals surface area contributed by atoms with Crippen LogP contribution in [0.2, 0.25) is 0 Å². The molecule has 0 unspecified atom stereocenters. The SMILES string of the molecule is CC(C)(C)OC(=O)NCc1ccc(NC(=O)Nc2sc(C(C)(C)C)cc2C(=O)N2CCNC(=O)CC2)cc1.CC(C)(C)c1cc(C(=O)N2CCNC(=O)CC2)c(NC(=O)Nc2ccc(CN)cc2)s1.Cl. The number of thiophene rings is 2. The molecular weight excluding hydrogens is 956 g/mol. The Morgan fingerprint density at radius 2 is 1.01 bits per heavy atom. The van der Waals surface area contributed by atoms with Crippen LogP contribution in [0, 0.1) is 0 Å². The average Bonchev–Trinajstić information content (AvgIpc) is 3.75. The Morgan fingerprint density at radius 1 is 0.614 bits per heavy atom. The van der Waals surface area contributed by atoms with Crippen molar-refractivity contribution in [3.8, 4) is 0 Å². The number of ether oxygens (including phenoxy) is 1. The van der Waals surface area contributed by atoms with E-state index in [2.05, 4.69) is 58.0 Å². The van der Waals surface area contributed by atoms with E-state index < -0.39 is 23.8 Å². The van der Waals surface area contributed by atoms with Crippen LogP contribution in [-0.4, -0.2) is 96.5 Å². The lowest BCUT2D eigenvalue weighted by Crippen LogP contribution is -2.34. The second kappa shape index (κ2) is 24.6. The van der Waals surface area contributed by atoms with Crippen molar-refractivity contribution >= 4 is 98.2 Å². The van der Waals surface area contributed by atoms with E-state index in [0.29, 0.717) is 78.3 Å². The molecule has 2 aliphatic heterocycles. The molecule has 2 aliphatic rings. The van der Waals surface area contributed by atoms with Gasteiger partial charge in [-0.3, -0.25) is 29.8 Å². The first-order chi connectivity index (χ1) is 32.4. The lowest BCUT2D eigenvalue weighted by molar-refractivity contribution is -0.121. The maximum absolute atomic E-state index is 13.4. The largest absolute Gasteiger partial charge is 0.444 e. The fraction of sp³-hybridized carbons (Fsp3) is 0.449. The summed E-state index contributed by atoms with van der Waals surface area (Å²) in [5, 5.41) is 20.4. The Morgan fingerprint density at radius 3 is 1.39 bits per heavy atom. The van der Waals surface area contributed by atoms with E-state index in [4.69, 9.17) is 10.5 Å². The normalized spacial score (nSPS) is 14.2. The number of halogens is 1. The van der Waals surface area contributed by atoms with Gasteiger partial charge < -0.3 is 46.9 Å². The van der Waals surface area contributed by atoms with Crippen molar-refractivity contribution in [3.63, 3.8) is 0 Å². The third kappa shape index (κ3) is 17.0. The molecule has 0 bridgehead atoms.